The van der Waals surface area contributed by atoms with Crippen molar-refractivity contribution in [3.63, 3.8) is 0 Å². The molecule has 0 saturated heterocycles. The Labute approximate surface area is 151 Å². The van der Waals surface area contributed by atoms with E-state index in [1.54, 1.807) is 0 Å². The summed E-state index contributed by atoms with van der Waals surface area (Å²) >= 11 is 0. The number of hydrogen-bond donors (Lipinski definition) is 1. The molecular weight excluding hydrogens is 306 g/mol. The van der Waals surface area contributed by atoms with Crippen molar-refractivity contribution in [2.24, 2.45) is 10.7 Å². The van der Waals surface area contributed by atoms with Gasteiger partial charge in [0.15, 0.2) is 5.96 Å². The second-order valence-corrected chi connectivity index (χ2v) is 7.31. The SMILES string of the molecule is CCC(C)c1ccc(N2C(N)=NCC2c2ccc(C(C)C)cc2)cc1. The van der Waals surface area contributed by atoms with Crippen LogP contribution in [0.4, 0.5) is 5.69 Å². The number of hydrogen-bond acceptors (Lipinski definition) is 3. The van der Waals surface area contributed by atoms with Gasteiger partial charge in [0.05, 0.1) is 12.6 Å². The van der Waals surface area contributed by atoms with Gasteiger partial charge in [-0.1, -0.05) is 64.1 Å². The Balaban J connectivity index is 1.86. The third-order valence-electron chi connectivity index (χ3n) is 5.33. The molecule has 25 heavy (non-hydrogen) atoms. The fourth-order valence-electron chi connectivity index (χ4n) is 3.37. The van der Waals surface area contributed by atoms with Crippen molar-refractivity contribution in [3.05, 3.63) is 65.2 Å². The highest BCUT2D eigenvalue weighted by molar-refractivity contribution is 5.97. The molecule has 0 bridgehead atoms. The molecule has 1 heterocycles. The molecule has 1 aliphatic heterocycles. The van der Waals surface area contributed by atoms with Gasteiger partial charge in [0.1, 0.15) is 0 Å². The lowest BCUT2D eigenvalue weighted by Crippen LogP contribution is -2.36. The fraction of sp³-hybridized carbons (Fsp3) is 0.409. The van der Waals surface area contributed by atoms with Crippen molar-refractivity contribution >= 4 is 11.6 Å². The number of aliphatic imine (C=N–C) groups is 1. The van der Waals surface area contributed by atoms with Gasteiger partial charge >= 0.3 is 0 Å². The molecular formula is C22H29N3. The van der Waals surface area contributed by atoms with Gasteiger partial charge in [-0.15, -0.1) is 0 Å². The molecule has 2 atom stereocenters. The molecule has 0 aliphatic carbocycles. The summed E-state index contributed by atoms with van der Waals surface area (Å²) in [4.78, 5) is 6.66. The largest absolute Gasteiger partial charge is 0.369 e. The molecule has 2 N–H and O–H groups in total. The van der Waals surface area contributed by atoms with Crippen molar-refractivity contribution in [2.45, 2.75) is 52.0 Å². The minimum absolute atomic E-state index is 0.177. The first-order valence-electron chi connectivity index (χ1n) is 9.30. The second kappa shape index (κ2) is 7.30. The van der Waals surface area contributed by atoms with E-state index in [1.807, 2.05) is 0 Å². The Bertz CT molecular complexity index is 729. The number of nitrogens with zero attached hydrogens (tertiary/aromatic N) is 2. The normalized spacial score (nSPS) is 18.5. The van der Waals surface area contributed by atoms with Crippen molar-refractivity contribution in [3.8, 4) is 0 Å². The smallest absolute Gasteiger partial charge is 0.196 e. The molecule has 3 nitrogen and oxygen atoms in total. The van der Waals surface area contributed by atoms with E-state index < -0.39 is 0 Å². The molecule has 3 heteroatoms. The highest BCUT2D eigenvalue weighted by Gasteiger charge is 2.28. The highest BCUT2D eigenvalue weighted by atomic mass is 15.3. The summed E-state index contributed by atoms with van der Waals surface area (Å²) in [5.74, 6) is 1.73. The fourth-order valence-corrected chi connectivity index (χ4v) is 3.37. The molecule has 3 rings (SSSR count). The summed E-state index contributed by atoms with van der Waals surface area (Å²) in [6.45, 7) is 9.63. The maximum absolute atomic E-state index is 6.22. The van der Waals surface area contributed by atoms with Crippen LogP contribution in [-0.2, 0) is 0 Å². The Kier molecular flexibility index (Phi) is 5.12. The lowest BCUT2D eigenvalue weighted by molar-refractivity contribution is 0.732. The number of benzene rings is 2. The average Bonchev–Trinajstić information content (AvgIpc) is 3.02. The lowest BCUT2D eigenvalue weighted by atomic mass is 9.97. The monoisotopic (exact) mass is 335 g/mol. The zero-order chi connectivity index (χ0) is 18.0. The Morgan fingerprint density at radius 2 is 1.60 bits per heavy atom. The molecule has 2 aromatic carbocycles. The predicted molar refractivity (Wildman–Crippen MR) is 107 cm³/mol. The first-order chi connectivity index (χ1) is 12.0. The quantitative estimate of drug-likeness (QED) is 0.816. The van der Waals surface area contributed by atoms with E-state index in [2.05, 4.69) is 86.1 Å². The van der Waals surface area contributed by atoms with Crippen LogP contribution in [0.5, 0.6) is 0 Å². The van der Waals surface area contributed by atoms with Crippen molar-refractivity contribution in [2.75, 3.05) is 11.4 Å². The van der Waals surface area contributed by atoms with Gasteiger partial charge in [0, 0.05) is 5.69 Å². The molecule has 0 fully saturated rings. The average molecular weight is 335 g/mol. The van der Waals surface area contributed by atoms with E-state index in [0.29, 0.717) is 24.3 Å². The zero-order valence-electron chi connectivity index (χ0n) is 15.7. The minimum atomic E-state index is 0.177. The van der Waals surface area contributed by atoms with Crippen LogP contribution in [0.1, 0.15) is 68.7 Å². The van der Waals surface area contributed by atoms with Crippen LogP contribution in [0.2, 0.25) is 0 Å². The van der Waals surface area contributed by atoms with E-state index in [9.17, 15) is 0 Å². The number of anilines is 1. The van der Waals surface area contributed by atoms with E-state index in [-0.39, 0.29) is 6.04 Å². The summed E-state index contributed by atoms with van der Waals surface area (Å²) < 4.78 is 0. The topological polar surface area (TPSA) is 41.6 Å². The van der Waals surface area contributed by atoms with Crippen LogP contribution in [0.25, 0.3) is 0 Å². The third-order valence-corrected chi connectivity index (χ3v) is 5.33. The summed E-state index contributed by atoms with van der Waals surface area (Å²) in [6.07, 6.45) is 1.15. The first-order valence-corrected chi connectivity index (χ1v) is 9.30. The molecule has 0 radical (unpaired) electrons. The maximum Gasteiger partial charge on any atom is 0.196 e. The van der Waals surface area contributed by atoms with E-state index in [4.69, 9.17) is 5.73 Å². The molecule has 2 unspecified atom stereocenters. The summed E-state index contributed by atoms with van der Waals surface area (Å²) in [7, 11) is 0. The molecule has 132 valence electrons. The van der Waals surface area contributed by atoms with Gasteiger partial charge in [-0.05, 0) is 47.1 Å². The van der Waals surface area contributed by atoms with Crippen molar-refractivity contribution < 1.29 is 0 Å². The van der Waals surface area contributed by atoms with Gasteiger partial charge < -0.3 is 10.6 Å². The standard InChI is InChI=1S/C22H29N3/c1-5-16(4)18-10-12-20(13-11-18)25-21(14-24-22(25)23)19-8-6-17(7-9-19)15(2)3/h6-13,15-16,21H,5,14H2,1-4H3,(H2,23,24). The number of nitrogens with two attached hydrogens (primary N) is 1. The Morgan fingerprint density at radius 1 is 1.00 bits per heavy atom. The molecule has 0 saturated carbocycles. The van der Waals surface area contributed by atoms with Gasteiger partial charge in [-0.3, -0.25) is 4.99 Å². The summed E-state index contributed by atoms with van der Waals surface area (Å²) in [5, 5.41) is 0. The molecule has 0 spiro atoms. The van der Waals surface area contributed by atoms with Gasteiger partial charge in [-0.2, -0.15) is 0 Å². The van der Waals surface area contributed by atoms with Crippen LogP contribution in [-0.4, -0.2) is 12.5 Å². The van der Waals surface area contributed by atoms with Crippen LogP contribution in [0.15, 0.2) is 53.5 Å². The van der Waals surface area contributed by atoms with Crippen molar-refractivity contribution in [1.82, 2.24) is 0 Å². The van der Waals surface area contributed by atoms with E-state index in [0.717, 1.165) is 12.1 Å². The van der Waals surface area contributed by atoms with Crippen LogP contribution < -0.4 is 10.6 Å². The zero-order valence-corrected chi connectivity index (χ0v) is 15.7. The molecule has 1 aliphatic rings. The van der Waals surface area contributed by atoms with Gasteiger partial charge in [-0.25, -0.2) is 0 Å². The van der Waals surface area contributed by atoms with Crippen LogP contribution >= 0.6 is 0 Å². The van der Waals surface area contributed by atoms with E-state index in [1.165, 1.54) is 16.7 Å². The Hall–Kier alpha value is -2.29. The maximum atomic E-state index is 6.22. The third kappa shape index (κ3) is 3.55. The summed E-state index contributed by atoms with van der Waals surface area (Å²) in [6, 6.07) is 17.8. The van der Waals surface area contributed by atoms with E-state index >= 15 is 0 Å². The van der Waals surface area contributed by atoms with Gasteiger partial charge in [0.2, 0.25) is 0 Å². The number of guanidine groups is 1. The van der Waals surface area contributed by atoms with Crippen LogP contribution in [0.3, 0.4) is 0 Å². The molecule has 0 aromatic heterocycles. The molecule has 2 aromatic rings. The summed E-state index contributed by atoms with van der Waals surface area (Å²) in [5.41, 5.74) is 11.3. The predicted octanol–water partition coefficient (Wildman–Crippen LogP) is 5.20. The highest BCUT2D eigenvalue weighted by Crippen LogP contribution is 2.32. The molecule has 0 amide bonds. The first kappa shape index (κ1) is 17.5. The van der Waals surface area contributed by atoms with Crippen LogP contribution in [0, 0.1) is 0 Å². The Morgan fingerprint density at radius 3 is 2.16 bits per heavy atom. The van der Waals surface area contributed by atoms with Gasteiger partial charge in [0.25, 0.3) is 0 Å². The second-order valence-electron chi connectivity index (χ2n) is 7.31. The minimum Gasteiger partial charge on any atom is -0.369 e. The number of rotatable bonds is 5. The van der Waals surface area contributed by atoms with Crippen molar-refractivity contribution in [1.29, 1.82) is 0 Å². The lowest BCUT2D eigenvalue weighted by Gasteiger charge is -2.27.